The van der Waals surface area contributed by atoms with Crippen LogP contribution in [-0.2, 0) is 4.74 Å². The first-order chi connectivity index (χ1) is 12.7. The van der Waals surface area contributed by atoms with E-state index >= 15 is 0 Å². The Hall–Kier alpha value is -2.53. The smallest absolute Gasteiger partial charge is 0.259 e. The first kappa shape index (κ1) is 19.8. The molecule has 2 aromatic carbocycles. The topological polar surface area (TPSA) is 56.8 Å². The Labute approximate surface area is 155 Å². The summed E-state index contributed by atoms with van der Waals surface area (Å²) in [6.07, 6.45) is 3.23. The predicted octanol–water partition coefficient (Wildman–Crippen LogP) is 4.53. The molecular weight excluding hydrogens is 330 g/mol. The van der Waals surface area contributed by atoms with Gasteiger partial charge in [-0.15, -0.1) is 0 Å². The summed E-state index contributed by atoms with van der Waals surface area (Å²) in [6, 6.07) is 14.6. The Morgan fingerprint density at radius 2 is 1.81 bits per heavy atom. The number of nitrogens with one attached hydrogen (secondary N) is 1. The molecule has 1 amide bonds. The van der Waals surface area contributed by atoms with Crippen molar-refractivity contribution in [3.05, 3.63) is 54.1 Å². The summed E-state index contributed by atoms with van der Waals surface area (Å²) in [5.41, 5.74) is 1.19. The van der Waals surface area contributed by atoms with E-state index in [1.54, 1.807) is 19.2 Å². The zero-order valence-corrected chi connectivity index (χ0v) is 15.5. The van der Waals surface area contributed by atoms with Gasteiger partial charge in [-0.1, -0.05) is 38.0 Å². The molecule has 0 aliphatic rings. The number of ether oxygens (including phenoxy) is 3. The number of benzene rings is 2. The van der Waals surface area contributed by atoms with Gasteiger partial charge in [-0.2, -0.15) is 0 Å². The van der Waals surface area contributed by atoms with E-state index in [1.807, 2.05) is 36.4 Å². The quantitative estimate of drug-likeness (QED) is 0.600. The number of anilines is 1. The van der Waals surface area contributed by atoms with Crippen molar-refractivity contribution in [2.24, 2.45) is 0 Å². The molecule has 0 aliphatic heterocycles. The normalized spacial score (nSPS) is 10.4. The van der Waals surface area contributed by atoms with Crippen LogP contribution in [0.5, 0.6) is 11.5 Å². The zero-order chi connectivity index (χ0) is 18.6. The number of unbranched alkanes of at least 4 members (excludes halogenated alkanes) is 2. The molecule has 0 saturated heterocycles. The summed E-state index contributed by atoms with van der Waals surface area (Å²) < 4.78 is 16.3. The first-order valence-electron chi connectivity index (χ1n) is 8.99. The van der Waals surface area contributed by atoms with Gasteiger partial charge in [0.05, 0.1) is 18.8 Å². The molecule has 2 rings (SSSR count). The standard InChI is InChI=1S/C21H27NO4/c1-3-4-7-13-26-20-12-6-5-11-19(20)21(23)22-17-9-8-10-18(16-17)25-15-14-24-2/h5-6,8-12,16H,3-4,7,13-15H2,1-2H3,(H,22,23). The van der Waals surface area contributed by atoms with E-state index in [0.29, 0.717) is 42.6 Å². The van der Waals surface area contributed by atoms with Crippen LogP contribution in [-0.4, -0.2) is 32.8 Å². The minimum Gasteiger partial charge on any atom is -0.493 e. The molecule has 0 atom stereocenters. The summed E-state index contributed by atoms with van der Waals surface area (Å²) >= 11 is 0. The third-order valence-corrected chi connectivity index (χ3v) is 3.79. The fraction of sp³-hybridized carbons (Fsp3) is 0.381. The van der Waals surface area contributed by atoms with Crippen molar-refractivity contribution in [2.45, 2.75) is 26.2 Å². The van der Waals surface area contributed by atoms with Gasteiger partial charge >= 0.3 is 0 Å². The second-order valence-corrected chi connectivity index (χ2v) is 5.87. The number of methoxy groups -OCH3 is 1. The van der Waals surface area contributed by atoms with Crippen molar-refractivity contribution in [1.29, 1.82) is 0 Å². The van der Waals surface area contributed by atoms with Crippen LogP contribution in [0, 0.1) is 0 Å². The highest BCUT2D eigenvalue weighted by molar-refractivity contribution is 6.06. The Balaban J connectivity index is 2.00. The van der Waals surface area contributed by atoms with Crippen molar-refractivity contribution in [1.82, 2.24) is 0 Å². The predicted molar refractivity (Wildman–Crippen MR) is 103 cm³/mol. The number of hydrogen-bond acceptors (Lipinski definition) is 4. The van der Waals surface area contributed by atoms with Crippen LogP contribution in [0.3, 0.4) is 0 Å². The molecule has 1 N–H and O–H groups in total. The van der Waals surface area contributed by atoms with Crippen molar-refractivity contribution < 1.29 is 19.0 Å². The lowest BCUT2D eigenvalue weighted by molar-refractivity contribution is 0.102. The highest BCUT2D eigenvalue weighted by atomic mass is 16.5. The Morgan fingerprint density at radius 1 is 0.962 bits per heavy atom. The number of amides is 1. The third-order valence-electron chi connectivity index (χ3n) is 3.79. The highest BCUT2D eigenvalue weighted by Crippen LogP contribution is 2.22. The van der Waals surface area contributed by atoms with Crippen molar-refractivity contribution >= 4 is 11.6 Å². The van der Waals surface area contributed by atoms with Gasteiger partial charge < -0.3 is 19.5 Å². The van der Waals surface area contributed by atoms with Crippen molar-refractivity contribution in [2.75, 3.05) is 32.2 Å². The summed E-state index contributed by atoms with van der Waals surface area (Å²) in [5.74, 6) is 1.09. The molecule has 2 aromatic rings. The van der Waals surface area contributed by atoms with Crippen LogP contribution >= 0.6 is 0 Å². The van der Waals surface area contributed by atoms with Gasteiger partial charge in [0.25, 0.3) is 5.91 Å². The van der Waals surface area contributed by atoms with E-state index in [4.69, 9.17) is 14.2 Å². The molecule has 0 aromatic heterocycles. The minimum atomic E-state index is -0.204. The lowest BCUT2D eigenvalue weighted by Gasteiger charge is -2.12. The van der Waals surface area contributed by atoms with Gasteiger partial charge in [-0.3, -0.25) is 4.79 Å². The summed E-state index contributed by atoms with van der Waals surface area (Å²) in [6.45, 7) is 3.73. The van der Waals surface area contributed by atoms with Crippen LogP contribution in [0.25, 0.3) is 0 Å². The zero-order valence-electron chi connectivity index (χ0n) is 15.5. The number of carbonyl (C=O) groups is 1. The molecule has 5 nitrogen and oxygen atoms in total. The Bertz CT molecular complexity index is 687. The molecule has 0 heterocycles. The Morgan fingerprint density at radius 3 is 2.62 bits per heavy atom. The maximum atomic E-state index is 12.6. The van der Waals surface area contributed by atoms with Gasteiger partial charge in [0.2, 0.25) is 0 Å². The molecular formula is C21H27NO4. The SMILES string of the molecule is CCCCCOc1ccccc1C(=O)Nc1cccc(OCCOC)c1. The lowest BCUT2D eigenvalue weighted by Crippen LogP contribution is -2.14. The molecule has 0 bridgehead atoms. The van der Waals surface area contributed by atoms with Crippen molar-refractivity contribution in [3.63, 3.8) is 0 Å². The number of para-hydroxylation sites is 1. The molecule has 26 heavy (non-hydrogen) atoms. The van der Waals surface area contributed by atoms with Gasteiger partial charge in [0.15, 0.2) is 0 Å². The first-order valence-corrected chi connectivity index (χ1v) is 8.99. The maximum Gasteiger partial charge on any atom is 0.259 e. The van der Waals surface area contributed by atoms with Crippen molar-refractivity contribution in [3.8, 4) is 11.5 Å². The molecule has 0 fully saturated rings. The largest absolute Gasteiger partial charge is 0.493 e. The van der Waals surface area contributed by atoms with Crippen LogP contribution < -0.4 is 14.8 Å². The average Bonchev–Trinajstić information content (AvgIpc) is 2.66. The second kappa shape index (κ2) is 11.2. The van der Waals surface area contributed by atoms with Crippen LogP contribution in [0.15, 0.2) is 48.5 Å². The van der Waals surface area contributed by atoms with E-state index in [0.717, 1.165) is 19.3 Å². The van der Waals surface area contributed by atoms with Gasteiger partial charge in [-0.25, -0.2) is 0 Å². The fourth-order valence-corrected chi connectivity index (χ4v) is 2.42. The van der Waals surface area contributed by atoms with Gasteiger partial charge in [0.1, 0.15) is 18.1 Å². The number of hydrogen-bond donors (Lipinski definition) is 1. The second-order valence-electron chi connectivity index (χ2n) is 5.87. The van der Waals surface area contributed by atoms with E-state index in [1.165, 1.54) is 0 Å². The average molecular weight is 357 g/mol. The minimum absolute atomic E-state index is 0.204. The van der Waals surface area contributed by atoms with E-state index in [9.17, 15) is 4.79 Å². The van der Waals surface area contributed by atoms with Gasteiger partial charge in [-0.05, 0) is 30.7 Å². The molecule has 140 valence electrons. The lowest BCUT2D eigenvalue weighted by atomic mass is 10.1. The van der Waals surface area contributed by atoms with Crippen LogP contribution in [0.4, 0.5) is 5.69 Å². The molecule has 0 aliphatic carbocycles. The van der Waals surface area contributed by atoms with Crippen LogP contribution in [0.1, 0.15) is 36.5 Å². The molecule has 0 saturated carbocycles. The molecule has 0 radical (unpaired) electrons. The summed E-state index contributed by atoms with van der Waals surface area (Å²) in [7, 11) is 1.63. The summed E-state index contributed by atoms with van der Waals surface area (Å²) in [5, 5.41) is 2.90. The molecule has 0 spiro atoms. The third kappa shape index (κ3) is 6.41. The maximum absolute atomic E-state index is 12.6. The van der Waals surface area contributed by atoms with E-state index in [-0.39, 0.29) is 5.91 Å². The number of rotatable bonds is 11. The monoisotopic (exact) mass is 357 g/mol. The van der Waals surface area contributed by atoms with Gasteiger partial charge in [0, 0.05) is 18.9 Å². The highest BCUT2D eigenvalue weighted by Gasteiger charge is 2.12. The molecule has 5 heteroatoms. The molecule has 0 unspecified atom stereocenters. The van der Waals surface area contributed by atoms with E-state index < -0.39 is 0 Å². The summed E-state index contributed by atoms with van der Waals surface area (Å²) in [4.78, 5) is 12.6. The fourth-order valence-electron chi connectivity index (χ4n) is 2.42. The Kier molecular flexibility index (Phi) is 8.49. The van der Waals surface area contributed by atoms with Crippen LogP contribution in [0.2, 0.25) is 0 Å². The number of carbonyl (C=O) groups excluding carboxylic acids is 1. The van der Waals surface area contributed by atoms with E-state index in [2.05, 4.69) is 12.2 Å².